The zero-order valence-corrected chi connectivity index (χ0v) is 11.4. The number of hydrogen-bond acceptors (Lipinski definition) is 2. The van der Waals surface area contributed by atoms with Crippen molar-refractivity contribution >= 4 is 28.9 Å². The van der Waals surface area contributed by atoms with E-state index in [1.165, 1.54) is 0 Å². The number of aromatic hydroxyl groups is 1. The van der Waals surface area contributed by atoms with Crippen LogP contribution in [0.25, 0.3) is 0 Å². The Kier molecular flexibility index (Phi) is 4.00. The Bertz CT molecular complexity index is 549. The van der Waals surface area contributed by atoms with Gasteiger partial charge in [-0.2, -0.15) is 0 Å². The van der Waals surface area contributed by atoms with Crippen molar-refractivity contribution in [3.63, 3.8) is 0 Å². The van der Waals surface area contributed by atoms with E-state index in [4.69, 9.17) is 23.2 Å². The van der Waals surface area contributed by atoms with Crippen molar-refractivity contribution in [2.45, 2.75) is 13.5 Å². The molecule has 0 aliphatic carbocycles. The summed E-state index contributed by atoms with van der Waals surface area (Å²) in [5.74, 6) is 0.190. The Morgan fingerprint density at radius 2 is 1.94 bits per heavy atom. The molecule has 2 rings (SSSR count). The topological polar surface area (TPSA) is 32.3 Å². The summed E-state index contributed by atoms with van der Waals surface area (Å²) in [5, 5.41) is 14.2. The van der Waals surface area contributed by atoms with E-state index in [1.54, 1.807) is 18.2 Å². The monoisotopic (exact) mass is 281 g/mol. The molecule has 0 radical (unpaired) electrons. The summed E-state index contributed by atoms with van der Waals surface area (Å²) in [6.07, 6.45) is 0. The van der Waals surface area contributed by atoms with Crippen LogP contribution in [0.4, 0.5) is 5.69 Å². The number of phenolic OH excluding ortho intramolecular Hbond substituents is 1. The molecule has 2 aromatic carbocycles. The lowest BCUT2D eigenvalue weighted by Crippen LogP contribution is -2.02. The van der Waals surface area contributed by atoms with Gasteiger partial charge in [-0.15, -0.1) is 0 Å². The molecule has 0 saturated heterocycles. The zero-order chi connectivity index (χ0) is 13.1. The average Bonchev–Trinajstić information content (AvgIpc) is 2.33. The predicted octanol–water partition coefficient (Wildman–Crippen LogP) is 4.62. The second-order valence-corrected chi connectivity index (χ2v) is 4.89. The van der Waals surface area contributed by atoms with E-state index in [0.29, 0.717) is 22.2 Å². The number of anilines is 1. The molecule has 18 heavy (non-hydrogen) atoms. The minimum atomic E-state index is 0.190. The molecule has 0 bridgehead atoms. The normalized spacial score (nSPS) is 10.4. The zero-order valence-electron chi connectivity index (χ0n) is 9.87. The van der Waals surface area contributed by atoms with Gasteiger partial charge < -0.3 is 10.4 Å². The molecular formula is C14H13Cl2NO. The van der Waals surface area contributed by atoms with Crippen LogP contribution < -0.4 is 5.32 Å². The first-order valence-corrected chi connectivity index (χ1v) is 6.30. The predicted molar refractivity (Wildman–Crippen MR) is 76.6 cm³/mol. The van der Waals surface area contributed by atoms with Crippen molar-refractivity contribution in [2.24, 2.45) is 0 Å². The molecule has 94 valence electrons. The summed E-state index contributed by atoms with van der Waals surface area (Å²) in [6.45, 7) is 2.44. The standard InChI is InChI=1S/C14H13Cl2NO/c1-9-5-6-10(15)7-13(9)17-8-11-12(16)3-2-4-14(11)18/h2-7,17-18H,8H2,1H3. The average molecular weight is 282 g/mol. The maximum absolute atomic E-state index is 9.74. The molecule has 0 unspecified atom stereocenters. The summed E-state index contributed by atoms with van der Waals surface area (Å²) in [7, 11) is 0. The molecule has 0 atom stereocenters. The van der Waals surface area contributed by atoms with Crippen molar-refractivity contribution < 1.29 is 5.11 Å². The van der Waals surface area contributed by atoms with E-state index in [1.807, 2.05) is 25.1 Å². The lowest BCUT2D eigenvalue weighted by Gasteiger charge is -2.12. The first-order valence-electron chi connectivity index (χ1n) is 5.54. The second-order valence-electron chi connectivity index (χ2n) is 4.05. The number of rotatable bonds is 3. The van der Waals surface area contributed by atoms with E-state index in [0.717, 1.165) is 11.3 Å². The molecule has 2 aromatic rings. The van der Waals surface area contributed by atoms with Crippen molar-refractivity contribution in [1.82, 2.24) is 0 Å². The van der Waals surface area contributed by atoms with Gasteiger partial charge in [-0.25, -0.2) is 0 Å². The highest BCUT2D eigenvalue weighted by atomic mass is 35.5. The van der Waals surface area contributed by atoms with Crippen LogP contribution in [0.3, 0.4) is 0 Å². The SMILES string of the molecule is Cc1ccc(Cl)cc1NCc1c(O)cccc1Cl. The third kappa shape index (κ3) is 2.89. The summed E-state index contributed by atoms with van der Waals surface area (Å²) in [6, 6.07) is 10.7. The van der Waals surface area contributed by atoms with Crippen LogP contribution in [-0.4, -0.2) is 5.11 Å². The largest absolute Gasteiger partial charge is 0.508 e. The lowest BCUT2D eigenvalue weighted by molar-refractivity contribution is 0.469. The molecule has 0 fully saturated rings. The molecule has 0 spiro atoms. The van der Waals surface area contributed by atoms with E-state index >= 15 is 0 Å². The first-order chi connectivity index (χ1) is 8.58. The molecule has 0 heterocycles. The summed E-state index contributed by atoms with van der Waals surface area (Å²) >= 11 is 12.0. The smallest absolute Gasteiger partial charge is 0.122 e. The number of benzene rings is 2. The number of hydrogen-bond donors (Lipinski definition) is 2. The highest BCUT2D eigenvalue weighted by Gasteiger charge is 2.06. The van der Waals surface area contributed by atoms with Crippen LogP contribution in [0.15, 0.2) is 36.4 Å². The molecule has 2 nitrogen and oxygen atoms in total. The summed E-state index contributed by atoms with van der Waals surface area (Å²) < 4.78 is 0. The summed E-state index contributed by atoms with van der Waals surface area (Å²) in [5.41, 5.74) is 2.70. The highest BCUT2D eigenvalue weighted by molar-refractivity contribution is 6.31. The minimum absolute atomic E-state index is 0.190. The third-order valence-electron chi connectivity index (χ3n) is 2.75. The summed E-state index contributed by atoms with van der Waals surface area (Å²) in [4.78, 5) is 0. The van der Waals surface area contributed by atoms with Gasteiger partial charge in [0.05, 0.1) is 0 Å². The van der Waals surface area contributed by atoms with Gasteiger partial charge in [-0.1, -0.05) is 35.3 Å². The fraction of sp³-hybridized carbons (Fsp3) is 0.143. The fourth-order valence-electron chi connectivity index (χ4n) is 1.69. The third-order valence-corrected chi connectivity index (χ3v) is 3.34. The van der Waals surface area contributed by atoms with Gasteiger partial charge in [0.2, 0.25) is 0 Å². The molecule has 0 aliphatic heterocycles. The van der Waals surface area contributed by atoms with Gasteiger partial charge in [0, 0.05) is 27.8 Å². The van der Waals surface area contributed by atoms with E-state index in [-0.39, 0.29) is 5.75 Å². The van der Waals surface area contributed by atoms with Crippen molar-refractivity contribution in [2.75, 3.05) is 5.32 Å². The van der Waals surface area contributed by atoms with Gasteiger partial charge in [-0.3, -0.25) is 0 Å². The van der Waals surface area contributed by atoms with Crippen LogP contribution in [0.5, 0.6) is 5.75 Å². The molecule has 0 aromatic heterocycles. The Hall–Kier alpha value is -1.38. The van der Waals surface area contributed by atoms with E-state index in [2.05, 4.69) is 5.32 Å². The molecule has 0 aliphatic rings. The molecule has 4 heteroatoms. The van der Waals surface area contributed by atoms with Gasteiger partial charge in [0.15, 0.2) is 0 Å². The Balaban J connectivity index is 2.19. The van der Waals surface area contributed by atoms with Crippen LogP contribution in [-0.2, 0) is 6.54 Å². The van der Waals surface area contributed by atoms with Crippen molar-refractivity contribution in [3.8, 4) is 5.75 Å². The van der Waals surface area contributed by atoms with Crippen LogP contribution in [0.2, 0.25) is 10.0 Å². The molecule has 2 N–H and O–H groups in total. The van der Waals surface area contributed by atoms with Gasteiger partial charge in [0.1, 0.15) is 5.75 Å². The van der Waals surface area contributed by atoms with Crippen LogP contribution in [0.1, 0.15) is 11.1 Å². The van der Waals surface area contributed by atoms with Crippen LogP contribution in [0, 0.1) is 6.92 Å². The fourth-order valence-corrected chi connectivity index (χ4v) is 2.10. The van der Waals surface area contributed by atoms with Gasteiger partial charge >= 0.3 is 0 Å². The van der Waals surface area contributed by atoms with Crippen molar-refractivity contribution in [1.29, 1.82) is 0 Å². The van der Waals surface area contributed by atoms with Gasteiger partial charge in [0.25, 0.3) is 0 Å². The quantitative estimate of drug-likeness (QED) is 0.861. The maximum Gasteiger partial charge on any atom is 0.122 e. The maximum atomic E-state index is 9.74. The van der Waals surface area contributed by atoms with Gasteiger partial charge in [-0.05, 0) is 36.8 Å². The lowest BCUT2D eigenvalue weighted by atomic mass is 10.1. The molecule has 0 amide bonds. The Labute approximate surface area is 116 Å². The Morgan fingerprint density at radius 1 is 1.17 bits per heavy atom. The molecule has 0 saturated carbocycles. The van der Waals surface area contributed by atoms with Crippen LogP contribution >= 0.6 is 23.2 Å². The highest BCUT2D eigenvalue weighted by Crippen LogP contribution is 2.27. The first kappa shape index (κ1) is 13.1. The number of nitrogens with one attached hydrogen (secondary N) is 1. The van der Waals surface area contributed by atoms with E-state index < -0.39 is 0 Å². The van der Waals surface area contributed by atoms with Crippen molar-refractivity contribution in [3.05, 3.63) is 57.6 Å². The molecular weight excluding hydrogens is 269 g/mol. The minimum Gasteiger partial charge on any atom is -0.508 e. The number of halogens is 2. The number of aryl methyl sites for hydroxylation is 1. The Morgan fingerprint density at radius 3 is 2.67 bits per heavy atom. The number of phenols is 1. The van der Waals surface area contributed by atoms with E-state index in [9.17, 15) is 5.11 Å². The second kappa shape index (κ2) is 5.51.